The van der Waals surface area contributed by atoms with Crippen LogP contribution < -0.4 is 10.2 Å². The van der Waals surface area contributed by atoms with Gasteiger partial charge in [0.25, 0.3) is 0 Å². The number of thiazole rings is 1. The summed E-state index contributed by atoms with van der Waals surface area (Å²) in [6, 6.07) is 10.2. The monoisotopic (exact) mass is 353 g/mol. The van der Waals surface area contributed by atoms with E-state index in [2.05, 4.69) is 37.3 Å². The van der Waals surface area contributed by atoms with Gasteiger partial charge in [-0.1, -0.05) is 0 Å². The number of ether oxygens (including phenoxy) is 1. The van der Waals surface area contributed by atoms with Crippen LogP contribution in [-0.2, 0) is 4.74 Å². The van der Waals surface area contributed by atoms with E-state index in [0.717, 1.165) is 42.7 Å². The lowest BCUT2D eigenvalue weighted by Crippen LogP contribution is -2.36. The van der Waals surface area contributed by atoms with Crippen LogP contribution >= 0.6 is 11.3 Å². The Morgan fingerprint density at radius 2 is 1.88 bits per heavy atom. The molecule has 0 atom stereocenters. The van der Waals surface area contributed by atoms with Gasteiger partial charge in [0.05, 0.1) is 13.2 Å². The smallest absolute Gasteiger partial charge is 0.227 e. The average Bonchev–Trinajstić information content (AvgIpc) is 3.10. The lowest BCUT2D eigenvalue weighted by Gasteiger charge is -2.28. The van der Waals surface area contributed by atoms with Crippen LogP contribution in [0.4, 0.5) is 17.3 Å². The number of aryl methyl sites for hydroxylation is 1. The topological polar surface area (TPSA) is 63.2 Å². The van der Waals surface area contributed by atoms with Crippen LogP contribution in [0.3, 0.4) is 0 Å². The first kappa shape index (κ1) is 16.0. The molecule has 1 N–H and O–H groups in total. The highest BCUT2D eigenvalue weighted by molar-refractivity contribution is 7.14. The van der Waals surface area contributed by atoms with Crippen molar-refractivity contribution >= 4 is 28.7 Å². The normalized spacial score (nSPS) is 14.5. The zero-order valence-electron chi connectivity index (χ0n) is 14.0. The Labute approximate surface area is 150 Å². The van der Waals surface area contributed by atoms with Crippen molar-refractivity contribution in [1.82, 2.24) is 15.0 Å². The summed E-state index contributed by atoms with van der Waals surface area (Å²) in [5, 5.41) is 4.17. The summed E-state index contributed by atoms with van der Waals surface area (Å²) in [5.41, 5.74) is 3.01. The predicted octanol–water partition coefficient (Wildman–Crippen LogP) is 3.49. The zero-order valence-corrected chi connectivity index (χ0v) is 14.8. The summed E-state index contributed by atoms with van der Waals surface area (Å²) in [5.74, 6) is 0.574. The summed E-state index contributed by atoms with van der Waals surface area (Å²) >= 11 is 1.63. The van der Waals surface area contributed by atoms with Gasteiger partial charge in [-0.25, -0.2) is 15.0 Å². The van der Waals surface area contributed by atoms with Crippen LogP contribution in [0.25, 0.3) is 10.7 Å². The Kier molecular flexibility index (Phi) is 4.58. The second-order valence-electron chi connectivity index (χ2n) is 5.81. The van der Waals surface area contributed by atoms with Crippen molar-refractivity contribution in [3.63, 3.8) is 0 Å². The Bertz CT molecular complexity index is 843. The van der Waals surface area contributed by atoms with Gasteiger partial charge < -0.3 is 15.0 Å². The number of nitrogens with one attached hydrogen (secondary N) is 1. The molecule has 1 saturated heterocycles. The highest BCUT2D eigenvalue weighted by Gasteiger charge is 2.11. The van der Waals surface area contributed by atoms with Crippen LogP contribution in [0, 0.1) is 6.92 Å². The van der Waals surface area contributed by atoms with Crippen LogP contribution in [0.5, 0.6) is 0 Å². The van der Waals surface area contributed by atoms with E-state index in [9.17, 15) is 0 Å². The molecule has 3 aromatic rings. The minimum Gasteiger partial charge on any atom is -0.378 e. The Morgan fingerprint density at radius 3 is 2.60 bits per heavy atom. The Morgan fingerprint density at radius 1 is 1.08 bits per heavy atom. The van der Waals surface area contributed by atoms with E-state index in [-0.39, 0.29) is 0 Å². The molecule has 0 radical (unpaired) electrons. The van der Waals surface area contributed by atoms with E-state index in [1.54, 1.807) is 17.5 Å². The maximum absolute atomic E-state index is 5.40. The molecule has 1 aliphatic heterocycles. The largest absolute Gasteiger partial charge is 0.378 e. The number of hydrogen-bond acceptors (Lipinski definition) is 7. The molecule has 4 rings (SSSR count). The molecule has 0 amide bonds. The van der Waals surface area contributed by atoms with Gasteiger partial charge in [-0.2, -0.15) is 0 Å². The number of anilines is 3. The summed E-state index contributed by atoms with van der Waals surface area (Å²) in [6.45, 7) is 5.49. The molecule has 0 bridgehead atoms. The van der Waals surface area contributed by atoms with Crippen LogP contribution in [0.2, 0.25) is 0 Å². The Balaban J connectivity index is 1.48. The van der Waals surface area contributed by atoms with Crippen molar-refractivity contribution in [3.05, 3.63) is 47.6 Å². The van der Waals surface area contributed by atoms with Gasteiger partial charge in [0.2, 0.25) is 5.95 Å². The van der Waals surface area contributed by atoms with Crippen molar-refractivity contribution < 1.29 is 4.74 Å². The summed E-state index contributed by atoms with van der Waals surface area (Å²) in [7, 11) is 0. The molecule has 0 unspecified atom stereocenters. The number of aromatic nitrogens is 3. The SMILES string of the molecule is Cc1cnc(-c2ccnc(Nc3ccc(N4CCOCC4)cc3)n2)s1. The molecule has 2 aromatic heterocycles. The van der Waals surface area contributed by atoms with Crippen LogP contribution in [-0.4, -0.2) is 41.3 Å². The summed E-state index contributed by atoms with van der Waals surface area (Å²) < 4.78 is 5.40. The summed E-state index contributed by atoms with van der Waals surface area (Å²) in [4.78, 5) is 16.7. The maximum atomic E-state index is 5.40. The van der Waals surface area contributed by atoms with E-state index in [1.807, 2.05) is 31.3 Å². The molecular formula is C18H19N5OS. The fourth-order valence-corrected chi connectivity index (χ4v) is 3.45. The number of morpholine rings is 1. The third-order valence-corrected chi connectivity index (χ3v) is 4.93. The molecule has 0 spiro atoms. The third kappa shape index (κ3) is 3.78. The molecule has 1 aromatic carbocycles. The zero-order chi connectivity index (χ0) is 17.1. The first-order valence-electron chi connectivity index (χ1n) is 8.23. The number of hydrogen-bond donors (Lipinski definition) is 1. The van der Waals surface area contributed by atoms with Gasteiger partial charge in [0, 0.05) is 41.7 Å². The van der Waals surface area contributed by atoms with Crippen molar-refractivity contribution in [3.8, 4) is 10.7 Å². The first-order chi connectivity index (χ1) is 12.3. The fourth-order valence-electron chi connectivity index (χ4n) is 2.72. The molecule has 0 aliphatic carbocycles. The standard InChI is InChI=1S/C18H19N5OS/c1-13-12-20-17(25-13)16-6-7-19-18(22-16)21-14-2-4-15(5-3-14)23-8-10-24-11-9-23/h2-7,12H,8-11H2,1H3,(H,19,21,22). The van der Waals surface area contributed by atoms with E-state index in [0.29, 0.717) is 5.95 Å². The quantitative estimate of drug-likeness (QED) is 0.775. The molecule has 1 aliphatic rings. The van der Waals surface area contributed by atoms with Gasteiger partial charge in [-0.15, -0.1) is 11.3 Å². The molecule has 6 nitrogen and oxygen atoms in total. The molecule has 1 fully saturated rings. The van der Waals surface area contributed by atoms with E-state index in [1.165, 1.54) is 10.6 Å². The molecule has 3 heterocycles. The highest BCUT2D eigenvalue weighted by Crippen LogP contribution is 2.25. The van der Waals surface area contributed by atoms with Gasteiger partial charge >= 0.3 is 0 Å². The average molecular weight is 353 g/mol. The molecule has 0 saturated carbocycles. The van der Waals surface area contributed by atoms with E-state index in [4.69, 9.17) is 4.74 Å². The highest BCUT2D eigenvalue weighted by atomic mass is 32.1. The lowest BCUT2D eigenvalue weighted by molar-refractivity contribution is 0.122. The maximum Gasteiger partial charge on any atom is 0.227 e. The van der Waals surface area contributed by atoms with Crippen molar-refractivity contribution in [2.24, 2.45) is 0 Å². The van der Waals surface area contributed by atoms with Gasteiger partial charge in [0.1, 0.15) is 10.7 Å². The van der Waals surface area contributed by atoms with Gasteiger partial charge in [0.15, 0.2) is 0 Å². The van der Waals surface area contributed by atoms with E-state index >= 15 is 0 Å². The fraction of sp³-hybridized carbons (Fsp3) is 0.278. The third-order valence-electron chi connectivity index (χ3n) is 4.00. The molecule has 7 heteroatoms. The molecule has 128 valence electrons. The Hall–Kier alpha value is -2.51. The molecule has 25 heavy (non-hydrogen) atoms. The number of rotatable bonds is 4. The van der Waals surface area contributed by atoms with E-state index < -0.39 is 0 Å². The minimum absolute atomic E-state index is 0.574. The number of benzene rings is 1. The van der Waals surface area contributed by atoms with Crippen molar-refractivity contribution in [2.75, 3.05) is 36.5 Å². The van der Waals surface area contributed by atoms with Gasteiger partial charge in [-0.05, 0) is 37.3 Å². The summed E-state index contributed by atoms with van der Waals surface area (Å²) in [6.07, 6.45) is 3.61. The predicted molar refractivity (Wildman–Crippen MR) is 101 cm³/mol. The minimum atomic E-state index is 0.574. The lowest BCUT2D eigenvalue weighted by atomic mass is 10.2. The second kappa shape index (κ2) is 7.16. The van der Waals surface area contributed by atoms with Crippen LogP contribution in [0.15, 0.2) is 42.7 Å². The van der Waals surface area contributed by atoms with Crippen molar-refractivity contribution in [2.45, 2.75) is 6.92 Å². The van der Waals surface area contributed by atoms with Crippen LogP contribution in [0.1, 0.15) is 4.88 Å². The second-order valence-corrected chi connectivity index (χ2v) is 7.05. The first-order valence-corrected chi connectivity index (χ1v) is 9.05. The van der Waals surface area contributed by atoms with Gasteiger partial charge in [-0.3, -0.25) is 0 Å². The number of nitrogens with zero attached hydrogens (tertiary/aromatic N) is 4. The molecular weight excluding hydrogens is 334 g/mol. The van der Waals surface area contributed by atoms with Crippen molar-refractivity contribution in [1.29, 1.82) is 0 Å².